The van der Waals surface area contributed by atoms with Gasteiger partial charge in [-0.1, -0.05) is 0 Å². The first-order valence-electron chi connectivity index (χ1n) is 9.38. The van der Waals surface area contributed by atoms with E-state index in [1.165, 1.54) is 0 Å². The Kier molecular flexibility index (Phi) is 4.84. The molecule has 1 aromatic rings. The molecule has 3 fully saturated rings. The molecule has 6 nitrogen and oxygen atoms in total. The highest BCUT2D eigenvalue weighted by Crippen LogP contribution is 2.45. The molecule has 0 saturated carbocycles. The van der Waals surface area contributed by atoms with E-state index < -0.39 is 0 Å². The zero-order valence-electron chi connectivity index (χ0n) is 15.0. The maximum Gasteiger partial charge on any atom is 0.227 e. The topological polar surface area (TPSA) is 55.2 Å². The second-order valence-electron chi connectivity index (χ2n) is 7.65. The van der Waals surface area contributed by atoms with Crippen molar-refractivity contribution in [3.63, 3.8) is 0 Å². The van der Waals surface area contributed by atoms with Crippen LogP contribution >= 0.6 is 0 Å². The third kappa shape index (κ3) is 3.48. The summed E-state index contributed by atoms with van der Waals surface area (Å²) in [6.07, 6.45) is 1.95. The van der Waals surface area contributed by atoms with Gasteiger partial charge in [0.2, 0.25) is 5.91 Å². The number of likely N-dealkylation sites (tertiary alicyclic amines) is 1. The number of aryl methyl sites for hydroxylation is 1. The van der Waals surface area contributed by atoms with Crippen LogP contribution in [0.3, 0.4) is 0 Å². The molecule has 138 valence electrons. The average molecular weight is 348 g/mol. The van der Waals surface area contributed by atoms with Crippen LogP contribution in [-0.2, 0) is 20.8 Å². The van der Waals surface area contributed by atoms with Crippen LogP contribution in [0.25, 0.3) is 0 Å². The molecule has 0 aromatic carbocycles. The molecule has 0 unspecified atom stereocenters. The summed E-state index contributed by atoms with van der Waals surface area (Å²) in [5.41, 5.74) is 0.0509. The van der Waals surface area contributed by atoms with Crippen molar-refractivity contribution in [2.24, 2.45) is 11.3 Å². The van der Waals surface area contributed by atoms with E-state index in [2.05, 4.69) is 4.90 Å². The number of carbonyl (C=O) groups excluding carboxylic acids is 1. The fraction of sp³-hybridized carbons (Fsp3) is 0.737. The predicted molar refractivity (Wildman–Crippen MR) is 92.1 cm³/mol. The van der Waals surface area contributed by atoms with Gasteiger partial charge in [0.25, 0.3) is 0 Å². The standard InChI is InChI=1S/C19H28N2O4/c1-15-2-3-16(25-15)12-20-13-17(18(22)21-6-10-24-11-7-21)19(14-20)4-8-23-9-5-19/h2-3,17H,4-14H2,1H3/t17-/m1/s1. The van der Waals surface area contributed by atoms with Gasteiger partial charge in [0.15, 0.2) is 0 Å². The number of morpholine rings is 1. The number of carbonyl (C=O) groups is 1. The van der Waals surface area contributed by atoms with Crippen molar-refractivity contribution in [2.75, 3.05) is 52.6 Å². The molecule has 6 heteroatoms. The van der Waals surface area contributed by atoms with E-state index in [0.717, 1.165) is 70.3 Å². The summed E-state index contributed by atoms with van der Waals surface area (Å²) < 4.78 is 16.8. The van der Waals surface area contributed by atoms with E-state index in [9.17, 15) is 4.79 Å². The molecule has 0 bridgehead atoms. The van der Waals surface area contributed by atoms with E-state index in [1.807, 2.05) is 24.0 Å². The normalized spacial score (nSPS) is 27.1. The number of nitrogens with zero attached hydrogens (tertiary/aromatic N) is 2. The third-order valence-electron chi connectivity index (χ3n) is 6.00. The summed E-state index contributed by atoms with van der Waals surface area (Å²) >= 11 is 0. The molecule has 0 N–H and O–H groups in total. The summed E-state index contributed by atoms with van der Waals surface area (Å²) in [6.45, 7) is 8.81. The van der Waals surface area contributed by atoms with Crippen LogP contribution in [0.15, 0.2) is 16.5 Å². The van der Waals surface area contributed by atoms with Gasteiger partial charge < -0.3 is 18.8 Å². The molecule has 1 atom stereocenters. The summed E-state index contributed by atoms with van der Waals surface area (Å²) in [7, 11) is 0. The number of amides is 1. The Morgan fingerprint density at radius 3 is 2.56 bits per heavy atom. The monoisotopic (exact) mass is 348 g/mol. The van der Waals surface area contributed by atoms with Gasteiger partial charge in [0, 0.05) is 44.8 Å². The van der Waals surface area contributed by atoms with E-state index in [0.29, 0.717) is 19.1 Å². The highest BCUT2D eigenvalue weighted by atomic mass is 16.5. The van der Waals surface area contributed by atoms with Crippen LogP contribution in [0.1, 0.15) is 24.4 Å². The molecule has 3 saturated heterocycles. The summed E-state index contributed by atoms with van der Waals surface area (Å²) in [4.78, 5) is 17.7. The Morgan fingerprint density at radius 1 is 1.16 bits per heavy atom. The first-order chi connectivity index (χ1) is 12.2. The van der Waals surface area contributed by atoms with Crippen LogP contribution in [0.4, 0.5) is 0 Å². The van der Waals surface area contributed by atoms with E-state index >= 15 is 0 Å². The Labute approximate surface area is 149 Å². The van der Waals surface area contributed by atoms with Gasteiger partial charge in [-0.3, -0.25) is 9.69 Å². The van der Waals surface area contributed by atoms with Crippen molar-refractivity contribution in [1.82, 2.24) is 9.80 Å². The van der Waals surface area contributed by atoms with Crippen molar-refractivity contribution in [3.05, 3.63) is 23.7 Å². The van der Waals surface area contributed by atoms with E-state index in [-0.39, 0.29) is 11.3 Å². The first kappa shape index (κ1) is 17.1. The summed E-state index contributed by atoms with van der Waals surface area (Å²) in [6, 6.07) is 4.05. The zero-order valence-corrected chi connectivity index (χ0v) is 15.0. The Hall–Kier alpha value is -1.37. The van der Waals surface area contributed by atoms with Crippen LogP contribution < -0.4 is 0 Å². The minimum absolute atomic E-state index is 0.0509. The van der Waals surface area contributed by atoms with Gasteiger partial charge in [0.1, 0.15) is 11.5 Å². The van der Waals surface area contributed by atoms with Crippen molar-refractivity contribution >= 4 is 5.91 Å². The highest BCUT2D eigenvalue weighted by Gasteiger charge is 2.51. The lowest BCUT2D eigenvalue weighted by Crippen LogP contribution is -2.49. The third-order valence-corrected chi connectivity index (χ3v) is 6.00. The Morgan fingerprint density at radius 2 is 1.88 bits per heavy atom. The zero-order chi connectivity index (χ0) is 17.3. The van der Waals surface area contributed by atoms with Gasteiger partial charge >= 0.3 is 0 Å². The number of hydrogen-bond donors (Lipinski definition) is 0. The average Bonchev–Trinajstić information content (AvgIpc) is 3.19. The SMILES string of the molecule is Cc1ccc(CN2C[C@H](C(=O)N3CCOCC3)C3(CCOCC3)C2)o1. The molecular formula is C19H28N2O4. The lowest BCUT2D eigenvalue weighted by atomic mass is 9.71. The molecule has 3 aliphatic rings. The van der Waals surface area contributed by atoms with Crippen molar-refractivity contribution in [3.8, 4) is 0 Å². The van der Waals surface area contributed by atoms with Crippen LogP contribution in [-0.4, -0.2) is 68.3 Å². The largest absolute Gasteiger partial charge is 0.465 e. The molecule has 1 spiro atoms. The summed E-state index contributed by atoms with van der Waals surface area (Å²) in [5.74, 6) is 2.30. The van der Waals surface area contributed by atoms with Gasteiger partial charge in [-0.05, 0) is 31.9 Å². The molecule has 4 heterocycles. The lowest BCUT2D eigenvalue weighted by Gasteiger charge is -2.40. The maximum absolute atomic E-state index is 13.3. The van der Waals surface area contributed by atoms with Gasteiger partial charge in [-0.2, -0.15) is 0 Å². The van der Waals surface area contributed by atoms with E-state index in [1.54, 1.807) is 0 Å². The van der Waals surface area contributed by atoms with Crippen LogP contribution in [0, 0.1) is 18.3 Å². The predicted octanol–water partition coefficient (Wildman–Crippen LogP) is 1.68. The van der Waals surface area contributed by atoms with Crippen molar-refractivity contribution in [2.45, 2.75) is 26.3 Å². The molecule has 3 aliphatic heterocycles. The molecule has 4 rings (SSSR count). The van der Waals surface area contributed by atoms with Gasteiger partial charge in [-0.15, -0.1) is 0 Å². The fourth-order valence-electron chi connectivity index (χ4n) is 4.61. The van der Waals surface area contributed by atoms with Crippen molar-refractivity contribution < 1.29 is 18.7 Å². The van der Waals surface area contributed by atoms with Crippen molar-refractivity contribution in [1.29, 1.82) is 0 Å². The Bertz CT molecular complexity index is 602. The molecule has 0 aliphatic carbocycles. The molecule has 1 amide bonds. The second kappa shape index (κ2) is 7.09. The minimum Gasteiger partial charge on any atom is -0.465 e. The molecular weight excluding hydrogens is 320 g/mol. The fourth-order valence-corrected chi connectivity index (χ4v) is 4.61. The first-order valence-corrected chi connectivity index (χ1v) is 9.38. The quantitative estimate of drug-likeness (QED) is 0.832. The van der Waals surface area contributed by atoms with Gasteiger partial charge in [-0.25, -0.2) is 0 Å². The van der Waals surface area contributed by atoms with Gasteiger partial charge in [0.05, 0.1) is 25.7 Å². The highest BCUT2D eigenvalue weighted by molar-refractivity contribution is 5.80. The minimum atomic E-state index is 0.0509. The Balaban J connectivity index is 1.51. The maximum atomic E-state index is 13.3. The summed E-state index contributed by atoms with van der Waals surface area (Å²) in [5, 5.41) is 0. The molecule has 1 aromatic heterocycles. The lowest BCUT2D eigenvalue weighted by molar-refractivity contribution is -0.144. The molecule has 25 heavy (non-hydrogen) atoms. The molecule has 0 radical (unpaired) electrons. The number of hydrogen-bond acceptors (Lipinski definition) is 5. The second-order valence-corrected chi connectivity index (χ2v) is 7.65. The van der Waals surface area contributed by atoms with Crippen LogP contribution in [0.5, 0.6) is 0 Å². The number of furan rings is 1. The number of rotatable bonds is 3. The number of ether oxygens (including phenoxy) is 2. The van der Waals surface area contributed by atoms with Crippen LogP contribution in [0.2, 0.25) is 0 Å². The van der Waals surface area contributed by atoms with E-state index in [4.69, 9.17) is 13.9 Å². The smallest absolute Gasteiger partial charge is 0.227 e.